The maximum absolute atomic E-state index is 12.6. The van der Waals surface area contributed by atoms with E-state index >= 15 is 0 Å². The second-order valence-corrected chi connectivity index (χ2v) is 6.31. The summed E-state index contributed by atoms with van der Waals surface area (Å²) in [5.74, 6) is 0.144. The van der Waals surface area contributed by atoms with Crippen LogP contribution in [-0.2, 0) is 13.0 Å². The fourth-order valence-electron chi connectivity index (χ4n) is 3.96. The number of rotatable bonds is 0. The molecule has 106 valence electrons. The van der Waals surface area contributed by atoms with Gasteiger partial charge in [0.2, 0.25) is 0 Å². The molecule has 2 heterocycles. The largest absolute Gasteiger partial charge is 0.291 e. The third kappa shape index (κ3) is 1.61. The summed E-state index contributed by atoms with van der Waals surface area (Å²) in [7, 11) is 4.19. The molecule has 4 rings (SSSR count). The molecule has 0 aliphatic carbocycles. The molecule has 0 fully saturated rings. The minimum absolute atomic E-state index is 0.144. The first kappa shape index (κ1) is 12.6. The van der Waals surface area contributed by atoms with E-state index in [9.17, 15) is 4.79 Å². The maximum atomic E-state index is 12.6. The number of hydrogen-bond donors (Lipinski definition) is 0. The van der Waals surface area contributed by atoms with Crippen LogP contribution >= 0.6 is 0 Å². The molecule has 2 aliphatic heterocycles. The number of fused-ring (bicyclic) bond motifs is 4. The monoisotopic (exact) mass is 279 g/mol. The van der Waals surface area contributed by atoms with E-state index in [1.54, 1.807) is 0 Å². The molecule has 0 bridgehead atoms. The standard InChI is InChI=1S/C18H19N2O/c1-19-17-11-13-7-3-4-8-14(13)12-20(17,2)16-10-6-5-9-15(16)18(19)21/h3-10,17H,11-12H2,1-2H3/q+1. The Kier molecular flexibility index (Phi) is 2.51. The average molecular weight is 279 g/mol. The topological polar surface area (TPSA) is 20.3 Å². The number of likely N-dealkylation sites (N-methyl/N-ethyl adjacent to an activating group) is 2. The number of quaternary nitrogens is 1. The van der Waals surface area contributed by atoms with Gasteiger partial charge in [-0.15, -0.1) is 0 Å². The molecule has 2 aromatic carbocycles. The van der Waals surface area contributed by atoms with E-state index in [0.717, 1.165) is 28.7 Å². The Morgan fingerprint density at radius 3 is 2.52 bits per heavy atom. The predicted octanol–water partition coefficient (Wildman–Crippen LogP) is 2.79. The summed E-state index contributed by atoms with van der Waals surface area (Å²) in [6.07, 6.45) is 1.10. The van der Waals surface area contributed by atoms with Gasteiger partial charge in [-0.25, -0.2) is 0 Å². The van der Waals surface area contributed by atoms with Crippen molar-refractivity contribution in [1.29, 1.82) is 0 Å². The number of carbonyl (C=O) groups is 1. The molecule has 0 spiro atoms. The van der Waals surface area contributed by atoms with Gasteiger partial charge in [0, 0.05) is 25.1 Å². The van der Waals surface area contributed by atoms with E-state index in [0.29, 0.717) is 0 Å². The molecule has 0 aromatic heterocycles. The molecule has 3 heteroatoms. The molecule has 2 unspecified atom stereocenters. The van der Waals surface area contributed by atoms with Crippen LogP contribution in [0.25, 0.3) is 0 Å². The van der Waals surface area contributed by atoms with Crippen molar-refractivity contribution in [2.75, 3.05) is 14.1 Å². The lowest BCUT2D eigenvalue weighted by Crippen LogP contribution is -2.66. The number of para-hydroxylation sites is 1. The Morgan fingerprint density at radius 1 is 1.05 bits per heavy atom. The number of hydrogen-bond acceptors (Lipinski definition) is 1. The van der Waals surface area contributed by atoms with Crippen LogP contribution < -0.4 is 4.48 Å². The van der Waals surface area contributed by atoms with Gasteiger partial charge in [-0.2, -0.15) is 0 Å². The zero-order valence-corrected chi connectivity index (χ0v) is 12.4. The van der Waals surface area contributed by atoms with Crippen molar-refractivity contribution in [1.82, 2.24) is 9.38 Å². The number of carbonyl (C=O) groups excluding carboxylic acids is 1. The highest BCUT2D eigenvalue weighted by Crippen LogP contribution is 2.41. The van der Waals surface area contributed by atoms with Crippen molar-refractivity contribution < 1.29 is 4.79 Å². The summed E-state index contributed by atoms with van der Waals surface area (Å²) < 4.78 is 0.787. The Labute approximate surface area is 125 Å². The van der Waals surface area contributed by atoms with Gasteiger partial charge in [0.1, 0.15) is 17.8 Å². The summed E-state index contributed by atoms with van der Waals surface area (Å²) >= 11 is 0. The highest BCUT2D eigenvalue weighted by Gasteiger charge is 2.49. The van der Waals surface area contributed by atoms with Crippen molar-refractivity contribution in [3.8, 4) is 0 Å². The molecule has 1 amide bonds. The third-order valence-corrected chi connectivity index (χ3v) is 5.13. The highest BCUT2D eigenvalue weighted by molar-refractivity contribution is 6.01. The summed E-state index contributed by atoms with van der Waals surface area (Å²) in [6, 6.07) is 16.7. The smallest absolute Gasteiger partial charge is 0.264 e. The summed E-state index contributed by atoms with van der Waals surface area (Å²) in [5.41, 5.74) is 4.77. The van der Waals surface area contributed by atoms with Gasteiger partial charge in [0.15, 0.2) is 6.17 Å². The second-order valence-electron chi connectivity index (χ2n) is 6.31. The van der Waals surface area contributed by atoms with Gasteiger partial charge < -0.3 is 0 Å². The van der Waals surface area contributed by atoms with Gasteiger partial charge in [0.05, 0.1) is 7.05 Å². The van der Waals surface area contributed by atoms with Crippen LogP contribution in [0.5, 0.6) is 0 Å². The van der Waals surface area contributed by atoms with E-state index < -0.39 is 0 Å². The van der Waals surface area contributed by atoms with E-state index in [1.165, 1.54) is 11.1 Å². The number of nitrogens with zero attached hydrogens (tertiary/aromatic N) is 2. The second kappa shape index (κ2) is 4.18. The lowest BCUT2D eigenvalue weighted by atomic mass is 9.91. The predicted molar refractivity (Wildman–Crippen MR) is 83.9 cm³/mol. The summed E-state index contributed by atoms with van der Waals surface area (Å²) in [6.45, 7) is 0.940. The fourth-order valence-corrected chi connectivity index (χ4v) is 3.96. The first-order chi connectivity index (χ1) is 10.1. The van der Waals surface area contributed by atoms with E-state index in [1.807, 2.05) is 30.1 Å². The van der Waals surface area contributed by atoms with Crippen molar-refractivity contribution in [2.24, 2.45) is 0 Å². The van der Waals surface area contributed by atoms with E-state index in [-0.39, 0.29) is 12.1 Å². The summed E-state index contributed by atoms with van der Waals surface area (Å²) in [5, 5.41) is 0. The minimum Gasteiger partial charge on any atom is -0.291 e. The van der Waals surface area contributed by atoms with Crippen LogP contribution in [0.2, 0.25) is 0 Å². The van der Waals surface area contributed by atoms with Crippen LogP contribution in [0, 0.1) is 0 Å². The quantitative estimate of drug-likeness (QED) is 0.679. The van der Waals surface area contributed by atoms with Gasteiger partial charge in [-0.1, -0.05) is 36.4 Å². The first-order valence-electron chi connectivity index (χ1n) is 7.40. The van der Waals surface area contributed by atoms with Crippen LogP contribution in [0.1, 0.15) is 21.5 Å². The Hall–Kier alpha value is -2.13. The van der Waals surface area contributed by atoms with Crippen molar-refractivity contribution in [3.63, 3.8) is 0 Å². The Bertz CT molecular complexity index is 740. The van der Waals surface area contributed by atoms with Crippen molar-refractivity contribution >= 4 is 11.6 Å². The molecule has 0 saturated carbocycles. The van der Waals surface area contributed by atoms with Crippen LogP contribution in [0.3, 0.4) is 0 Å². The van der Waals surface area contributed by atoms with E-state index in [4.69, 9.17) is 0 Å². The van der Waals surface area contributed by atoms with Crippen LogP contribution in [0.4, 0.5) is 5.69 Å². The summed E-state index contributed by atoms with van der Waals surface area (Å²) in [4.78, 5) is 14.6. The molecule has 2 atom stereocenters. The molecular formula is C18H19N2O+. The average Bonchev–Trinajstić information content (AvgIpc) is 2.52. The normalized spacial score (nSPS) is 26.9. The van der Waals surface area contributed by atoms with Crippen LogP contribution in [0.15, 0.2) is 48.5 Å². The molecule has 0 saturated heterocycles. The van der Waals surface area contributed by atoms with Crippen molar-refractivity contribution in [2.45, 2.75) is 19.1 Å². The number of benzene rings is 2. The lowest BCUT2D eigenvalue weighted by Gasteiger charge is -2.51. The van der Waals surface area contributed by atoms with Gasteiger partial charge >= 0.3 is 0 Å². The minimum atomic E-state index is 0.144. The SMILES string of the molecule is CN1C(=O)c2ccccc2[N+]2(C)Cc3ccccc3CC12. The maximum Gasteiger partial charge on any atom is 0.264 e. The molecule has 2 aromatic rings. The first-order valence-corrected chi connectivity index (χ1v) is 7.40. The van der Waals surface area contributed by atoms with E-state index in [2.05, 4.69) is 37.4 Å². The van der Waals surface area contributed by atoms with Gasteiger partial charge in [0.25, 0.3) is 5.91 Å². The fraction of sp³-hybridized carbons (Fsp3) is 0.278. The highest BCUT2D eigenvalue weighted by atomic mass is 16.2. The number of amides is 1. The molecule has 3 nitrogen and oxygen atoms in total. The molecular weight excluding hydrogens is 260 g/mol. The van der Waals surface area contributed by atoms with Gasteiger partial charge in [-0.05, 0) is 11.6 Å². The molecule has 0 N–H and O–H groups in total. The van der Waals surface area contributed by atoms with Crippen molar-refractivity contribution in [3.05, 3.63) is 65.2 Å². The Balaban J connectivity index is 1.94. The molecule has 2 aliphatic rings. The third-order valence-electron chi connectivity index (χ3n) is 5.13. The van der Waals surface area contributed by atoms with Gasteiger partial charge in [-0.3, -0.25) is 14.2 Å². The molecule has 0 radical (unpaired) electrons. The Morgan fingerprint density at radius 2 is 1.71 bits per heavy atom. The van der Waals surface area contributed by atoms with Crippen LogP contribution in [-0.4, -0.2) is 31.1 Å². The zero-order chi connectivity index (χ0) is 14.6. The molecule has 21 heavy (non-hydrogen) atoms. The zero-order valence-electron chi connectivity index (χ0n) is 12.4. The lowest BCUT2D eigenvalue weighted by molar-refractivity contribution is 0.0364.